The zero-order chi connectivity index (χ0) is 20.4. The van der Waals surface area contributed by atoms with E-state index in [1.165, 1.54) is 24.3 Å². The molecule has 7 nitrogen and oxygen atoms in total. The molecule has 1 saturated heterocycles. The van der Waals surface area contributed by atoms with E-state index in [9.17, 15) is 24.0 Å². The quantitative estimate of drug-likeness (QED) is 0.758. The molecule has 0 bridgehead atoms. The average molecular weight is 386 g/mol. The van der Waals surface area contributed by atoms with Crippen LogP contribution in [0.5, 0.6) is 0 Å². The molecule has 0 aromatic heterocycles. The summed E-state index contributed by atoms with van der Waals surface area (Å²) in [6, 6.07) is 6.85. The molecule has 1 aromatic carbocycles. The lowest BCUT2D eigenvalue weighted by atomic mass is 9.83. The van der Waals surface area contributed by atoms with Gasteiger partial charge in [0.2, 0.25) is 5.91 Å². The smallest absolute Gasteiger partial charge is 0.325 e. The minimum Gasteiger partial charge on any atom is -0.336 e. The molecule has 4 amide bonds. The van der Waals surface area contributed by atoms with Crippen LogP contribution in [0, 0.1) is 17.1 Å². The van der Waals surface area contributed by atoms with Gasteiger partial charge in [0.25, 0.3) is 5.91 Å². The van der Waals surface area contributed by atoms with Crippen molar-refractivity contribution >= 4 is 17.8 Å². The Morgan fingerprint density at radius 1 is 1.25 bits per heavy atom. The van der Waals surface area contributed by atoms with Crippen LogP contribution < -0.4 is 10.6 Å². The number of hydrogen-bond acceptors (Lipinski definition) is 4. The molecule has 2 aliphatic rings. The van der Waals surface area contributed by atoms with Crippen molar-refractivity contribution in [2.24, 2.45) is 0 Å². The lowest BCUT2D eigenvalue weighted by Crippen LogP contribution is -2.52. The van der Waals surface area contributed by atoms with Crippen LogP contribution >= 0.6 is 0 Å². The number of nitrogens with one attached hydrogen (secondary N) is 2. The van der Waals surface area contributed by atoms with Crippen LogP contribution in [0.4, 0.5) is 9.18 Å². The van der Waals surface area contributed by atoms with Crippen LogP contribution in [0.15, 0.2) is 24.3 Å². The van der Waals surface area contributed by atoms with Crippen molar-refractivity contribution < 1.29 is 18.8 Å². The molecule has 1 aliphatic heterocycles. The number of carbonyl (C=O) groups is 3. The standard InChI is InChI=1S/C20H23FN4O3/c1-2-20(14-6-8-15(21)9-7-14)17(27)25(18(28)24-20)12-16(26)23-19(13-22)10-4-3-5-11-19/h6-9H,2-5,10-12H2,1H3,(H,23,26)(H,24,28)/t20-/m1/s1. The summed E-state index contributed by atoms with van der Waals surface area (Å²) in [6.07, 6.45) is 4.08. The Morgan fingerprint density at radius 3 is 2.46 bits per heavy atom. The Bertz CT molecular complexity index is 827. The van der Waals surface area contributed by atoms with Crippen molar-refractivity contribution in [3.05, 3.63) is 35.6 Å². The molecule has 8 heteroatoms. The van der Waals surface area contributed by atoms with Crippen LogP contribution in [0.2, 0.25) is 0 Å². The van der Waals surface area contributed by atoms with E-state index >= 15 is 0 Å². The maximum Gasteiger partial charge on any atom is 0.325 e. The molecule has 28 heavy (non-hydrogen) atoms. The van der Waals surface area contributed by atoms with E-state index in [0.717, 1.165) is 24.2 Å². The molecule has 0 unspecified atom stereocenters. The molecule has 2 N–H and O–H groups in total. The molecular formula is C20H23FN4O3. The third kappa shape index (κ3) is 3.44. The van der Waals surface area contributed by atoms with Gasteiger partial charge in [0.05, 0.1) is 6.07 Å². The minimum atomic E-state index is -1.33. The zero-order valence-corrected chi connectivity index (χ0v) is 15.8. The fourth-order valence-corrected chi connectivity index (χ4v) is 4.01. The Morgan fingerprint density at radius 2 is 1.89 bits per heavy atom. The first-order valence-electron chi connectivity index (χ1n) is 9.48. The first kappa shape index (κ1) is 19.8. The van der Waals surface area contributed by atoms with Gasteiger partial charge in [-0.15, -0.1) is 0 Å². The van der Waals surface area contributed by atoms with Gasteiger partial charge in [-0.2, -0.15) is 5.26 Å². The normalized spacial score (nSPS) is 23.8. The molecule has 1 aliphatic carbocycles. The lowest BCUT2D eigenvalue weighted by Gasteiger charge is -2.32. The van der Waals surface area contributed by atoms with E-state index in [1.807, 2.05) is 0 Å². The topological polar surface area (TPSA) is 102 Å². The molecule has 1 saturated carbocycles. The van der Waals surface area contributed by atoms with Crippen LogP contribution in [0.25, 0.3) is 0 Å². The Labute approximate surface area is 162 Å². The molecular weight excluding hydrogens is 363 g/mol. The van der Waals surface area contributed by atoms with E-state index < -0.39 is 41.3 Å². The van der Waals surface area contributed by atoms with E-state index in [-0.39, 0.29) is 6.42 Å². The summed E-state index contributed by atoms with van der Waals surface area (Å²) in [4.78, 5) is 38.9. The first-order chi connectivity index (χ1) is 13.4. The highest BCUT2D eigenvalue weighted by molar-refractivity contribution is 6.09. The number of nitriles is 1. The number of halogens is 1. The summed E-state index contributed by atoms with van der Waals surface area (Å²) in [5.74, 6) is -1.55. The largest absolute Gasteiger partial charge is 0.336 e. The minimum absolute atomic E-state index is 0.253. The number of imide groups is 1. The van der Waals surface area contributed by atoms with Gasteiger partial charge in [-0.3, -0.25) is 14.5 Å². The Balaban J connectivity index is 1.77. The number of urea groups is 1. The van der Waals surface area contributed by atoms with Crippen molar-refractivity contribution in [2.45, 2.75) is 56.5 Å². The summed E-state index contributed by atoms with van der Waals surface area (Å²) in [6.45, 7) is 1.27. The lowest BCUT2D eigenvalue weighted by molar-refractivity contribution is -0.135. The van der Waals surface area contributed by atoms with Crippen molar-refractivity contribution in [2.75, 3.05) is 6.54 Å². The van der Waals surface area contributed by atoms with Gasteiger partial charge in [-0.1, -0.05) is 38.3 Å². The summed E-state index contributed by atoms with van der Waals surface area (Å²) >= 11 is 0. The summed E-state index contributed by atoms with van der Waals surface area (Å²) in [5.41, 5.74) is -1.81. The summed E-state index contributed by atoms with van der Waals surface area (Å²) < 4.78 is 13.3. The molecule has 1 aromatic rings. The fourth-order valence-electron chi connectivity index (χ4n) is 4.01. The summed E-state index contributed by atoms with van der Waals surface area (Å²) in [5, 5.41) is 14.9. The van der Waals surface area contributed by atoms with Crippen molar-refractivity contribution in [3.8, 4) is 6.07 Å². The monoisotopic (exact) mass is 386 g/mol. The van der Waals surface area contributed by atoms with Crippen LogP contribution in [0.1, 0.15) is 51.0 Å². The molecule has 1 heterocycles. The first-order valence-corrected chi connectivity index (χ1v) is 9.48. The second kappa shape index (κ2) is 7.58. The molecule has 0 spiro atoms. The molecule has 1 atom stereocenters. The van der Waals surface area contributed by atoms with Gasteiger partial charge in [-0.25, -0.2) is 9.18 Å². The highest BCUT2D eigenvalue weighted by Gasteiger charge is 2.52. The number of hydrogen-bond donors (Lipinski definition) is 2. The van der Waals surface area contributed by atoms with Crippen LogP contribution in [0.3, 0.4) is 0 Å². The third-order valence-electron chi connectivity index (χ3n) is 5.64. The fraction of sp³-hybridized carbons (Fsp3) is 0.500. The van der Waals surface area contributed by atoms with E-state index in [4.69, 9.17) is 0 Å². The molecule has 148 valence electrons. The van der Waals surface area contributed by atoms with Crippen molar-refractivity contribution in [1.29, 1.82) is 5.26 Å². The predicted octanol–water partition coefficient (Wildman–Crippen LogP) is 2.33. The average Bonchev–Trinajstić information content (AvgIpc) is 2.94. The van der Waals surface area contributed by atoms with Gasteiger partial charge in [0, 0.05) is 0 Å². The predicted molar refractivity (Wildman–Crippen MR) is 98.2 cm³/mol. The highest BCUT2D eigenvalue weighted by Crippen LogP contribution is 2.33. The maximum absolute atomic E-state index is 13.3. The number of benzene rings is 1. The number of nitrogens with zero attached hydrogens (tertiary/aromatic N) is 2. The second-order valence-electron chi connectivity index (χ2n) is 7.39. The van der Waals surface area contributed by atoms with E-state index in [1.54, 1.807) is 6.92 Å². The van der Waals surface area contributed by atoms with Gasteiger partial charge in [0.1, 0.15) is 23.4 Å². The van der Waals surface area contributed by atoms with E-state index in [2.05, 4.69) is 16.7 Å². The third-order valence-corrected chi connectivity index (χ3v) is 5.64. The van der Waals surface area contributed by atoms with Gasteiger partial charge >= 0.3 is 6.03 Å². The van der Waals surface area contributed by atoms with Gasteiger partial charge < -0.3 is 10.6 Å². The van der Waals surface area contributed by atoms with Crippen LogP contribution in [-0.4, -0.2) is 34.8 Å². The SMILES string of the molecule is CC[C@]1(c2ccc(F)cc2)NC(=O)N(CC(=O)NC2(C#N)CCCCC2)C1=O. The van der Waals surface area contributed by atoms with Crippen molar-refractivity contribution in [3.63, 3.8) is 0 Å². The highest BCUT2D eigenvalue weighted by atomic mass is 19.1. The number of amides is 4. The molecule has 3 rings (SSSR count). The van der Waals surface area contributed by atoms with Gasteiger partial charge in [-0.05, 0) is 37.0 Å². The summed E-state index contributed by atoms with van der Waals surface area (Å²) in [7, 11) is 0. The Kier molecular flexibility index (Phi) is 5.36. The van der Waals surface area contributed by atoms with E-state index in [0.29, 0.717) is 18.4 Å². The van der Waals surface area contributed by atoms with Crippen LogP contribution in [-0.2, 0) is 15.1 Å². The maximum atomic E-state index is 13.3. The zero-order valence-electron chi connectivity index (χ0n) is 15.8. The number of carbonyl (C=O) groups excluding carboxylic acids is 3. The van der Waals surface area contributed by atoms with Crippen molar-refractivity contribution in [1.82, 2.24) is 15.5 Å². The Hall–Kier alpha value is -2.95. The second-order valence-corrected chi connectivity index (χ2v) is 7.39. The van der Waals surface area contributed by atoms with Gasteiger partial charge in [0.15, 0.2) is 0 Å². The molecule has 2 fully saturated rings. The molecule has 0 radical (unpaired) electrons. The number of rotatable bonds is 5.